The molecule has 2 heteroatoms. The maximum absolute atomic E-state index is 2.46. The lowest BCUT2D eigenvalue weighted by Crippen LogP contribution is -2.11. The summed E-state index contributed by atoms with van der Waals surface area (Å²) in [6.45, 7) is 0. The summed E-state index contributed by atoms with van der Waals surface area (Å²) in [6.07, 6.45) is 0. The number of fused-ring (bicyclic) bond motifs is 14. The van der Waals surface area contributed by atoms with Gasteiger partial charge in [-0.2, -0.15) is 0 Å². The molecule has 0 fully saturated rings. The molecule has 0 saturated carbocycles. The molecule has 1 aliphatic heterocycles. The molecule has 1 aliphatic rings. The van der Waals surface area contributed by atoms with E-state index in [4.69, 9.17) is 0 Å². The zero-order chi connectivity index (χ0) is 36.7. The van der Waals surface area contributed by atoms with E-state index in [9.17, 15) is 0 Å². The Bertz CT molecular complexity index is 3340. The van der Waals surface area contributed by atoms with Gasteiger partial charge in [-0.05, 0) is 109 Å². The fourth-order valence-corrected chi connectivity index (χ4v) is 9.43. The van der Waals surface area contributed by atoms with Crippen molar-refractivity contribution in [1.82, 2.24) is 4.57 Å². The van der Waals surface area contributed by atoms with E-state index in [-0.39, 0.29) is 0 Å². The quantitative estimate of drug-likeness (QED) is 0.166. The smallest absolute Gasteiger partial charge is 0.0562 e. The molecular weight excluding hydrogens is 677 g/mol. The second-order valence-electron chi connectivity index (χ2n) is 14.9. The average Bonchev–Trinajstić information content (AvgIpc) is 3.54. The number of aromatic nitrogens is 1. The van der Waals surface area contributed by atoms with Gasteiger partial charge in [0.25, 0.3) is 0 Å². The summed E-state index contributed by atoms with van der Waals surface area (Å²) in [4.78, 5) is 2.45. The molecular formula is C54H34N2. The summed E-state index contributed by atoms with van der Waals surface area (Å²) in [7, 11) is 0. The van der Waals surface area contributed by atoms with Crippen molar-refractivity contribution in [3.8, 4) is 39.1 Å². The zero-order valence-corrected chi connectivity index (χ0v) is 30.5. The standard InChI is InChI=1S/C54H34N2/c1-2-16-37(17-3-1)55-51-27-12-10-25-46(51)42-22-7-9-24-44(42)49-33-50-47-26-11-13-28-52(47)56(54(50)34-53(49)55)38-18-14-15-35(31-38)36-29-30-45-41-21-5-4-19-39(41)40-20-6-8-23-43(40)48(45)32-36/h1-34H. The summed E-state index contributed by atoms with van der Waals surface area (Å²) < 4.78 is 2.46. The third-order valence-electron chi connectivity index (χ3n) is 11.9. The van der Waals surface area contributed by atoms with Gasteiger partial charge in [-0.25, -0.2) is 0 Å². The Morgan fingerprint density at radius 1 is 0.250 bits per heavy atom. The Labute approximate surface area is 324 Å². The molecule has 0 N–H and O–H groups in total. The number of benzene rings is 10. The Morgan fingerprint density at radius 2 is 0.804 bits per heavy atom. The summed E-state index contributed by atoms with van der Waals surface area (Å²) in [6, 6.07) is 75.9. The minimum absolute atomic E-state index is 1.13. The van der Waals surface area contributed by atoms with Crippen LogP contribution in [-0.2, 0) is 0 Å². The van der Waals surface area contributed by atoms with Crippen molar-refractivity contribution >= 4 is 71.2 Å². The summed E-state index contributed by atoms with van der Waals surface area (Å²) in [5.41, 5.74) is 14.3. The molecule has 56 heavy (non-hydrogen) atoms. The van der Waals surface area contributed by atoms with Gasteiger partial charge in [0.2, 0.25) is 0 Å². The van der Waals surface area contributed by atoms with Crippen LogP contribution in [0.25, 0.3) is 93.2 Å². The van der Waals surface area contributed by atoms with E-state index in [0.717, 1.165) is 17.1 Å². The van der Waals surface area contributed by atoms with Crippen LogP contribution in [0.3, 0.4) is 0 Å². The number of hydrogen-bond acceptors (Lipinski definition) is 1. The summed E-state index contributed by atoms with van der Waals surface area (Å²) in [5.74, 6) is 0. The van der Waals surface area contributed by atoms with Gasteiger partial charge in [-0.1, -0.05) is 152 Å². The minimum Gasteiger partial charge on any atom is -0.309 e. The van der Waals surface area contributed by atoms with E-state index in [1.807, 2.05) is 0 Å². The SMILES string of the molecule is c1ccc(N2c3ccccc3-c3ccccc3-c3cc4c5ccccc5n(-c5cccc(-c6ccc7c8ccccc8c8ccccc8c7c6)c5)c4cc32)cc1. The molecule has 0 atom stereocenters. The van der Waals surface area contributed by atoms with Crippen LogP contribution in [0.4, 0.5) is 17.1 Å². The predicted octanol–water partition coefficient (Wildman–Crippen LogP) is 15.0. The molecule has 0 amide bonds. The molecule has 0 saturated heterocycles. The lowest BCUT2D eigenvalue weighted by molar-refractivity contribution is 1.18. The van der Waals surface area contributed by atoms with Crippen molar-refractivity contribution in [2.75, 3.05) is 4.90 Å². The van der Waals surface area contributed by atoms with Gasteiger partial charge in [0.15, 0.2) is 0 Å². The molecule has 10 aromatic carbocycles. The van der Waals surface area contributed by atoms with Gasteiger partial charge in [-0.15, -0.1) is 0 Å². The molecule has 0 spiro atoms. The first-order valence-corrected chi connectivity index (χ1v) is 19.4. The van der Waals surface area contributed by atoms with Crippen molar-refractivity contribution < 1.29 is 0 Å². The number of para-hydroxylation sites is 3. The van der Waals surface area contributed by atoms with E-state index in [1.165, 1.54) is 93.2 Å². The summed E-state index contributed by atoms with van der Waals surface area (Å²) >= 11 is 0. The van der Waals surface area contributed by atoms with E-state index in [0.29, 0.717) is 0 Å². The van der Waals surface area contributed by atoms with Crippen LogP contribution in [0, 0.1) is 0 Å². The van der Waals surface area contributed by atoms with Crippen molar-refractivity contribution in [3.05, 3.63) is 206 Å². The van der Waals surface area contributed by atoms with E-state index >= 15 is 0 Å². The van der Waals surface area contributed by atoms with E-state index < -0.39 is 0 Å². The largest absolute Gasteiger partial charge is 0.309 e. The maximum Gasteiger partial charge on any atom is 0.0562 e. The average molecular weight is 711 g/mol. The number of anilines is 3. The van der Waals surface area contributed by atoms with Crippen LogP contribution in [-0.4, -0.2) is 4.57 Å². The normalized spacial score (nSPS) is 12.2. The molecule has 0 radical (unpaired) electrons. The fraction of sp³-hybridized carbons (Fsp3) is 0. The third-order valence-corrected chi connectivity index (χ3v) is 11.9. The first-order chi connectivity index (χ1) is 27.8. The van der Waals surface area contributed by atoms with Crippen molar-refractivity contribution in [2.24, 2.45) is 0 Å². The molecule has 0 aliphatic carbocycles. The first kappa shape index (κ1) is 31.0. The molecule has 2 nitrogen and oxygen atoms in total. The summed E-state index contributed by atoms with van der Waals surface area (Å²) in [5, 5.41) is 10.2. The van der Waals surface area contributed by atoms with Crippen LogP contribution in [0.5, 0.6) is 0 Å². The van der Waals surface area contributed by atoms with Crippen molar-refractivity contribution in [1.29, 1.82) is 0 Å². The van der Waals surface area contributed by atoms with Crippen LogP contribution < -0.4 is 4.90 Å². The highest BCUT2D eigenvalue weighted by Crippen LogP contribution is 2.52. The highest BCUT2D eigenvalue weighted by Gasteiger charge is 2.28. The third kappa shape index (κ3) is 4.50. The molecule has 260 valence electrons. The van der Waals surface area contributed by atoms with Gasteiger partial charge in [-0.3, -0.25) is 0 Å². The Hall–Kier alpha value is -7.42. The molecule has 12 rings (SSSR count). The van der Waals surface area contributed by atoms with Gasteiger partial charge in [0, 0.05) is 33.3 Å². The molecule has 2 heterocycles. The van der Waals surface area contributed by atoms with E-state index in [1.54, 1.807) is 0 Å². The monoisotopic (exact) mass is 710 g/mol. The van der Waals surface area contributed by atoms with Crippen molar-refractivity contribution in [3.63, 3.8) is 0 Å². The first-order valence-electron chi connectivity index (χ1n) is 19.4. The lowest BCUT2D eigenvalue weighted by Gasteiger charge is -2.27. The Morgan fingerprint density at radius 3 is 1.55 bits per heavy atom. The highest BCUT2D eigenvalue weighted by molar-refractivity contribution is 6.26. The molecule has 0 unspecified atom stereocenters. The van der Waals surface area contributed by atoms with Gasteiger partial charge >= 0.3 is 0 Å². The zero-order valence-electron chi connectivity index (χ0n) is 30.5. The second-order valence-corrected chi connectivity index (χ2v) is 14.9. The Kier molecular flexibility index (Phi) is 6.66. The van der Waals surface area contributed by atoms with Crippen LogP contribution in [0.15, 0.2) is 206 Å². The minimum atomic E-state index is 1.13. The van der Waals surface area contributed by atoms with Crippen molar-refractivity contribution in [2.45, 2.75) is 0 Å². The molecule has 0 bridgehead atoms. The van der Waals surface area contributed by atoms with Crippen LogP contribution in [0.1, 0.15) is 0 Å². The molecule has 1 aromatic heterocycles. The lowest BCUT2D eigenvalue weighted by atomic mass is 9.92. The second kappa shape index (κ2) is 12.0. The topological polar surface area (TPSA) is 8.17 Å². The molecule has 11 aromatic rings. The number of hydrogen-bond donors (Lipinski definition) is 0. The van der Waals surface area contributed by atoms with Gasteiger partial charge in [0.1, 0.15) is 0 Å². The maximum atomic E-state index is 2.46. The van der Waals surface area contributed by atoms with Crippen LogP contribution >= 0.6 is 0 Å². The van der Waals surface area contributed by atoms with E-state index in [2.05, 4.69) is 216 Å². The number of nitrogens with zero attached hydrogens (tertiary/aromatic N) is 2. The number of rotatable bonds is 3. The Balaban J connectivity index is 1.11. The highest BCUT2D eigenvalue weighted by atomic mass is 15.2. The fourth-order valence-electron chi connectivity index (χ4n) is 9.43. The van der Waals surface area contributed by atoms with Crippen LogP contribution in [0.2, 0.25) is 0 Å². The van der Waals surface area contributed by atoms with Gasteiger partial charge in [0.05, 0.1) is 22.4 Å². The predicted molar refractivity (Wildman–Crippen MR) is 238 cm³/mol. The van der Waals surface area contributed by atoms with Gasteiger partial charge < -0.3 is 9.47 Å².